The van der Waals surface area contributed by atoms with Crippen LogP contribution in [0, 0.1) is 13.8 Å². The van der Waals surface area contributed by atoms with Crippen molar-refractivity contribution in [2.45, 2.75) is 32.7 Å². The molecule has 0 spiro atoms. The van der Waals surface area contributed by atoms with E-state index in [2.05, 4.69) is 44.6 Å². The maximum absolute atomic E-state index is 13.0. The number of carbonyl (C=O) groups excluding carboxylic acids is 1. The van der Waals surface area contributed by atoms with Crippen molar-refractivity contribution in [1.82, 2.24) is 25.0 Å². The summed E-state index contributed by atoms with van der Waals surface area (Å²) < 4.78 is 1.76. The van der Waals surface area contributed by atoms with Crippen LogP contribution in [0.5, 0.6) is 0 Å². The van der Waals surface area contributed by atoms with E-state index < -0.39 is 0 Å². The molecule has 146 valence electrons. The van der Waals surface area contributed by atoms with Crippen molar-refractivity contribution in [3.8, 4) is 0 Å². The van der Waals surface area contributed by atoms with Gasteiger partial charge in [-0.1, -0.05) is 30.3 Å². The molecule has 3 aromatic rings. The number of pyridine rings is 1. The molecule has 1 amide bonds. The number of nitrogens with zero attached hydrogens (tertiary/aromatic N) is 4. The second-order valence-electron chi connectivity index (χ2n) is 7.58. The van der Waals surface area contributed by atoms with Gasteiger partial charge in [-0.15, -0.1) is 0 Å². The quantitative estimate of drug-likeness (QED) is 0.742. The number of rotatable bonds is 5. The summed E-state index contributed by atoms with van der Waals surface area (Å²) in [5.74, 6) is -0.0738. The molecule has 1 atom stereocenters. The Kier molecular flexibility index (Phi) is 5.13. The Morgan fingerprint density at radius 1 is 1.14 bits per heavy atom. The van der Waals surface area contributed by atoms with Gasteiger partial charge in [0.2, 0.25) is 0 Å². The average molecular weight is 377 g/mol. The van der Waals surface area contributed by atoms with Gasteiger partial charge in [-0.05, 0) is 51.4 Å². The van der Waals surface area contributed by atoms with Gasteiger partial charge in [0.05, 0.1) is 23.0 Å². The Hall–Kier alpha value is -2.73. The van der Waals surface area contributed by atoms with Crippen LogP contribution in [0.25, 0.3) is 11.0 Å². The minimum Gasteiger partial charge on any atom is -0.350 e. The fourth-order valence-corrected chi connectivity index (χ4v) is 4.13. The molecule has 6 nitrogen and oxygen atoms in total. The predicted octanol–water partition coefficient (Wildman–Crippen LogP) is 3.15. The number of carbonyl (C=O) groups is 1. The van der Waals surface area contributed by atoms with Crippen molar-refractivity contribution in [3.63, 3.8) is 0 Å². The number of hydrogen-bond donors (Lipinski definition) is 1. The highest BCUT2D eigenvalue weighted by atomic mass is 16.1. The molecule has 0 radical (unpaired) electrons. The molecule has 1 N–H and O–H groups in total. The van der Waals surface area contributed by atoms with Gasteiger partial charge >= 0.3 is 0 Å². The number of amides is 1. The number of aromatic nitrogens is 3. The van der Waals surface area contributed by atoms with E-state index in [1.165, 1.54) is 18.4 Å². The fraction of sp³-hybridized carbons (Fsp3) is 0.409. The normalized spacial score (nSPS) is 15.8. The predicted molar refractivity (Wildman–Crippen MR) is 110 cm³/mol. The first kappa shape index (κ1) is 18.6. The Balaban J connectivity index is 1.56. The van der Waals surface area contributed by atoms with Crippen LogP contribution >= 0.6 is 0 Å². The number of nitrogens with one attached hydrogen (secondary N) is 1. The van der Waals surface area contributed by atoms with Crippen LogP contribution in [0.4, 0.5) is 0 Å². The van der Waals surface area contributed by atoms with Gasteiger partial charge in [-0.25, -0.2) is 4.98 Å². The summed E-state index contributed by atoms with van der Waals surface area (Å²) >= 11 is 0. The molecular weight excluding hydrogens is 350 g/mol. The van der Waals surface area contributed by atoms with E-state index in [4.69, 9.17) is 0 Å². The highest BCUT2D eigenvalue weighted by Crippen LogP contribution is 2.25. The molecule has 28 heavy (non-hydrogen) atoms. The number of hydrogen-bond acceptors (Lipinski definition) is 4. The van der Waals surface area contributed by atoms with Gasteiger partial charge in [0.25, 0.3) is 5.91 Å². The summed E-state index contributed by atoms with van der Waals surface area (Å²) in [6, 6.07) is 12.6. The fourth-order valence-electron chi connectivity index (χ4n) is 4.13. The largest absolute Gasteiger partial charge is 0.350 e. The van der Waals surface area contributed by atoms with Crippen molar-refractivity contribution in [1.29, 1.82) is 0 Å². The average Bonchev–Trinajstić information content (AvgIpc) is 3.31. The summed E-state index contributed by atoms with van der Waals surface area (Å²) in [6.07, 6.45) is 2.44. The summed E-state index contributed by atoms with van der Waals surface area (Å²) in [5, 5.41) is 8.50. The van der Waals surface area contributed by atoms with Gasteiger partial charge in [0.1, 0.15) is 0 Å². The molecule has 1 fully saturated rings. The van der Waals surface area contributed by atoms with E-state index >= 15 is 0 Å². The van der Waals surface area contributed by atoms with Crippen molar-refractivity contribution in [3.05, 3.63) is 58.9 Å². The van der Waals surface area contributed by atoms with Crippen molar-refractivity contribution in [2.75, 3.05) is 19.6 Å². The summed E-state index contributed by atoms with van der Waals surface area (Å²) in [7, 11) is 1.88. The lowest BCUT2D eigenvalue weighted by Gasteiger charge is -2.28. The molecule has 6 heteroatoms. The first-order valence-corrected chi connectivity index (χ1v) is 9.92. The number of aryl methyl sites for hydroxylation is 3. The molecule has 2 aromatic heterocycles. The van der Waals surface area contributed by atoms with Gasteiger partial charge in [-0.2, -0.15) is 5.10 Å². The van der Waals surface area contributed by atoms with Crippen LogP contribution in [0.3, 0.4) is 0 Å². The summed E-state index contributed by atoms with van der Waals surface area (Å²) in [6.45, 7) is 6.58. The van der Waals surface area contributed by atoms with Crippen LogP contribution in [0.15, 0.2) is 36.4 Å². The zero-order valence-corrected chi connectivity index (χ0v) is 16.8. The molecule has 1 unspecified atom stereocenters. The third kappa shape index (κ3) is 3.52. The van der Waals surface area contributed by atoms with E-state index in [1.807, 2.05) is 33.0 Å². The first-order chi connectivity index (χ1) is 13.5. The summed E-state index contributed by atoms with van der Waals surface area (Å²) in [5.41, 5.74) is 4.30. The Labute approximate surface area is 165 Å². The molecule has 1 aliphatic rings. The maximum atomic E-state index is 13.0. The highest BCUT2D eigenvalue weighted by Gasteiger charge is 2.24. The molecule has 0 bridgehead atoms. The van der Waals surface area contributed by atoms with Gasteiger partial charge < -0.3 is 5.32 Å². The zero-order chi connectivity index (χ0) is 19.7. The lowest BCUT2D eigenvalue weighted by molar-refractivity contribution is 0.0937. The third-order valence-electron chi connectivity index (χ3n) is 5.66. The van der Waals surface area contributed by atoms with Crippen LogP contribution in [0.2, 0.25) is 0 Å². The van der Waals surface area contributed by atoms with E-state index in [9.17, 15) is 4.79 Å². The molecule has 1 aliphatic heterocycles. The van der Waals surface area contributed by atoms with Crippen molar-refractivity contribution < 1.29 is 4.79 Å². The Morgan fingerprint density at radius 3 is 2.57 bits per heavy atom. The standard InChI is InChI=1S/C22H27N5O/c1-15-19(13-18-16(2)25-26(3)21(18)24-15)22(28)23-14-20(27-11-7-8-12-27)17-9-5-4-6-10-17/h4-6,9-10,13,20H,7-8,11-12,14H2,1-3H3,(H,23,28). The topological polar surface area (TPSA) is 63.1 Å². The molecular formula is C22H27N5O. The van der Waals surface area contributed by atoms with Gasteiger partial charge in [-0.3, -0.25) is 14.4 Å². The van der Waals surface area contributed by atoms with Gasteiger partial charge in [0.15, 0.2) is 5.65 Å². The molecule has 4 rings (SSSR count). The van der Waals surface area contributed by atoms with Crippen LogP contribution < -0.4 is 5.32 Å². The van der Waals surface area contributed by atoms with E-state index in [-0.39, 0.29) is 11.9 Å². The second kappa shape index (κ2) is 7.72. The maximum Gasteiger partial charge on any atom is 0.253 e. The first-order valence-electron chi connectivity index (χ1n) is 9.92. The minimum absolute atomic E-state index is 0.0738. The number of likely N-dealkylation sites (tertiary alicyclic amines) is 1. The molecule has 3 heterocycles. The lowest BCUT2D eigenvalue weighted by Crippen LogP contribution is -2.37. The Bertz CT molecular complexity index is 989. The summed E-state index contributed by atoms with van der Waals surface area (Å²) in [4.78, 5) is 20.1. The lowest BCUT2D eigenvalue weighted by atomic mass is 10.0. The number of benzene rings is 1. The van der Waals surface area contributed by atoms with Crippen molar-refractivity contribution in [2.24, 2.45) is 7.05 Å². The monoisotopic (exact) mass is 377 g/mol. The molecule has 1 saturated heterocycles. The van der Waals surface area contributed by atoms with Gasteiger partial charge in [0, 0.05) is 19.0 Å². The Morgan fingerprint density at radius 2 is 1.86 bits per heavy atom. The second-order valence-corrected chi connectivity index (χ2v) is 7.58. The SMILES string of the molecule is Cc1nc2c(cc1C(=O)NCC(c1ccccc1)N1CCCC1)c(C)nn2C. The van der Waals surface area contributed by atoms with E-state index in [1.54, 1.807) is 4.68 Å². The van der Waals surface area contributed by atoms with Crippen LogP contribution in [-0.4, -0.2) is 45.2 Å². The highest BCUT2D eigenvalue weighted by molar-refractivity contribution is 5.98. The molecule has 0 saturated carbocycles. The van der Waals surface area contributed by atoms with E-state index in [0.717, 1.165) is 35.5 Å². The smallest absolute Gasteiger partial charge is 0.253 e. The molecule has 0 aliphatic carbocycles. The van der Waals surface area contributed by atoms with Crippen LogP contribution in [-0.2, 0) is 7.05 Å². The number of fused-ring (bicyclic) bond motifs is 1. The van der Waals surface area contributed by atoms with Crippen LogP contribution in [0.1, 0.15) is 46.2 Å². The minimum atomic E-state index is -0.0738. The third-order valence-corrected chi connectivity index (χ3v) is 5.66. The van der Waals surface area contributed by atoms with Crippen molar-refractivity contribution >= 4 is 16.9 Å². The molecule has 1 aromatic carbocycles. The zero-order valence-electron chi connectivity index (χ0n) is 16.8. The van der Waals surface area contributed by atoms with E-state index in [0.29, 0.717) is 12.1 Å².